The first-order valence-electron chi connectivity index (χ1n) is 8.69. The van der Waals surface area contributed by atoms with Gasteiger partial charge in [0.1, 0.15) is 11.7 Å². The van der Waals surface area contributed by atoms with E-state index in [0.717, 1.165) is 0 Å². The second kappa shape index (κ2) is 6.80. The highest BCUT2D eigenvalue weighted by Crippen LogP contribution is 2.37. The van der Waals surface area contributed by atoms with Crippen molar-refractivity contribution in [3.8, 4) is 11.5 Å². The van der Waals surface area contributed by atoms with E-state index in [9.17, 15) is 4.79 Å². The first-order chi connectivity index (χ1) is 13.6. The summed E-state index contributed by atoms with van der Waals surface area (Å²) in [5, 5.41) is 9.23. The van der Waals surface area contributed by atoms with Gasteiger partial charge in [-0.1, -0.05) is 29.3 Å². The topological polar surface area (TPSA) is 86.0 Å². The van der Waals surface area contributed by atoms with Gasteiger partial charge in [0.25, 0.3) is 5.91 Å². The molecule has 0 unspecified atom stereocenters. The molecule has 2 aliphatic rings. The molecule has 1 aromatic carbocycles. The number of fused-ring (bicyclic) bond motifs is 4. The van der Waals surface area contributed by atoms with Crippen LogP contribution in [0.4, 0.5) is 0 Å². The molecule has 0 N–H and O–H groups in total. The van der Waals surface area contributed by atoms with E-state index >= 15 is 0 Å². The fourth-order valence-electron chi connectivity index (χ4n) is 3.74. The van der Waals surface area contributed by atoms with Gasteiger partial charge in [-0.25, -0.2) is 4.98 Å². The van der Waals surface area contributed by atoms with Gasteiger partial charge in [-0.3, -0.25) is 9.78 Å². The molecule has 3 aromatic rings. The van der Waals surface area contributed by atoms with Gasteiger partial charge in [0.05, 0.1) is 41.1 Å². The molecule has 0 radical (unpaired) electrons. The standard InChI is InChI=1S/C18H14Cl2N6O2/c19-12-3-1-2-11(15(12)20)18(27)26-10-7-25-16(13-6-21-4-5-22-13)23-24-17(25)14(26)9-28-8-10/h1-6,10,14H,7-9H2/t10-,14+/m0/s1. The number of ether oxygens (including phenoxy) is 1. The molecule has 2 bridgehead atoms. The van der Waals surface area contributed by atoms with Crippen molar-refractivity contribution in [1.82, 2.24) is 29.6 Å². The number of hydrogen-bond acceptors (Lipinski definition) is 6. The zero-order valence-electron chi connectivity index (χ0n) is 14.5. The van der Waals surface area contributed by atoms with Crippen molar-refractivity contribution in [2.24, 2.45) is 0 Å². The van der Waals surface area contributed by atoms with Crippen LogP contribution in [-0.4, -0.2) is 54.8 Å². The number of rotatable bonds is 2. The summed E-state index contributed by atoms with van der Waals surface area (Å²) in [6.07, 6.45) is 4.86. The lowest BCUT2D eigenvalue weighted by Crippen LogP contribution is -2.56. The minimum Gasteiger partial charge on any atom is -0.377 e. The highest BCUT2D eigenvalue weighted by atomic mass is 35.5. The Bertz CT molecular complexity index is 1060. The third-order valence-electron chi connectivity index (χ3n) is 4.99. The van der Waals surface area contributed by atoms with E-state index in [0.29, 0.717) is 47.7 Å². The smallest absolute Gasteiger partial charge is 0.256 e. The predicted octanol–water partition coefficient (Wildman–Crippen LogP) is 2.64. The molecule has 4 heterocycles. The van der Waals surface area contributed by atoms with Gasteiger partial charge in [-0.2, -0.15) is 0 Å². The van der Waals surface area contributed by atoms with Gasteiger partial charge in [0.2, 0.25) is 0 Å². The zero-order valence-corrected chi connectivity index (χ0v) is 16.0. The number of halogens is 2. The fourth-order valence-corrected chi connectivity index (χ4v) is 4.12. The minimum atomic E-state index is -0.368. The summed E-state index contributed by atoms with van der Waals surface area (Å²) in [5.41, 5.74) is 1.01. The SMILES string of the molecule is O=C(c1cccc(Cl)c1Cl)N1[C@@H]2COC[C@@H]1c1nnc(-c3cnccn3)n1C2. The Hall–Kier alpha value is -2.55. The number of aromatic nitrogens is 5. The van der Waals surface area contributed by atoms with Crippen LogP contribution in [0.15, 0.2) is 36.8 Å². The molecule has 10 heteroatoms. The van der Waals surface area contributed by atoms with Crippen molar-refractivity contribution in [3.05, 3.63) is 58.2 Å². The van der Waals surface area contributed by atoms with Crippen LogP contribution >= 0.6 is 23.2 Å². The highest BCUT2D eigenvalue weighted by molar-refractivity contribution is 6.43. The average Bonchev–Trinajstić information content (AvgIpc) is 3.13. The molecule has 1 saturated heterocycles. The van der Waals surface area contributed by atoms with Gasteiger partial charge in [0, 0.05) is 18.9 Å². The molecule has 0 spiro atoms. The summed E-state index contributed by atoms with van der Waals surface area (Å²) in [5.74, 6) is 1.09. The fraction of sp³-hybridized carbons (Fsp3) is 0.278. The quantitative estimate of drug-likeness (QED) is 0.637. The second-order valence-electron chi connectivity index (χ2n) is 6.60. The maximum absolute atomic E-state index is 13.3. The molecular weight excluding hydrogens is 403 g/mol. The van der Waals surface area contributed by atoms with Gasteiger partial charge < -0.3 is 14.2 Å². The number of morpholine rings is 1. The second-order valence-corrected chi connectivity index (χ2v) is 7.39. The van der Waals surface area contributed by atoms with E-state index in [-0.39, 0.29) is 23.0 Å². The summed E-state index contributed by atoms with van der Waals surface area (Å²) in [6.45, 7) is 1.24. The molecular formula is C18H14Cl2N6O2. The minimum absolute atomic E-state index is 0.180. The maximum atomic E-state index is 13.3. The third-order valence-corrected chi connectivity index (χ3v) is 5.81. The predicted molar refractivity (Wildman–Crippen MR) is 101 cm³/mol. The lowest BCUT2D eigenvalue weighted by molar-refractivity contribution is -0.0569. The molecule has 1 fully saturated rings. The molecule has 0 aliphatic carbocycles. The number of nitrogens with zero attached hydrogens (tertiary/aromatic N) is 6. The van der Waals surface area contributed by atoms with Gasteiger partial charge in [0.15, 0.2) is 11.6 Å². The lowest BCUT2D eigenvalue weighted by Gasteiger charge is -2.45. The van der Waals surface area contributed by atoms with Crippen LogP contribution in [0.5, 0.6) is 0 Å². The average molecular weight is 417 g/mol. The Morgan fingerprint density at radius 1 is 1.18 bits per heavy atom. The molecule has 5 rings (SSSR count). The number of amides is 1. The maximum Gasteiger partial charge on any atom is 0.256 e. The lowest BCUT2D eigenvalue weighted by atomic mass is 10.0. The van der Waals surface area contributed by atoms with Crippen LogP contribution in [0.2, 0.25) is 10.0 Å². The normalized spacial score (nSPS) is 20.7. The summed E-state index contributed by atoms with van der Waals surface area (Å²) < 4.78 is 7.71. The third kappa shape index (κ3) is 2.68. The molecule has 2 atom stereocenters. The van der Waals surface area contributed by atoms with E-state index < -0.39 is 0 Å². The summed E-state index contributed by atoms with van der Waals surface area (Å²) in [6, 6.07) is 4.50. The van der Waals surface area contributed by atoms with Crippen molar-refractivity contribution in [1.29, 1.82) is 0 Å². The van der Waals surface area contributed by atoms with Crippen LogP contribution in [0.25, 0.3) is 11.5 Å². The Balaban J connectivity index is 1.56. The zero-order chi connectivity index (χ0) is 19.3. The van der Waals surface area contributed by atoms with E-state index in [1.165, 1.54) is 0 Å². The van der Waals surface area contributed by atoms with Crippen LogP contribution in [0.3, 0.4) is 0 Å². The Morgan fingerprint density at radius 3 is 2.89 bits per heavy atom. The van der Waals surface area contributed by atoms with Crippen molar-refractivity contribution >= 4 is 29.1 Å². The van der Waals surface area contributed by atoms with E-state index in [1.54, 1.807) is 41.7 Å². The molecule has 1 amide bonds. The summed E-state index contributed by atoms with van der Waals surface area (Å²) >= 11 is 12.4. The molecule has 2 aromatic heterocycles. The van der Waals surface area contributed by atoms with Crippen molar-refractivity contribution in [2.45, 2.75) is 18.6 Å². The molecule has 8 nitrogen and oxygen atoms in total. The van der Waals surface area contributed by atoms with Crippen LogP contribution in [-0.2, 0) is 11.3 Å². The van der Waals surface area contributed by atoms with Gasteiger partial charge >= 0.3 is 0 Å². The Kier molecular flexibility index (Phi) is 4.26. The Morgan fingerprint density at radius 2 is 2.07 bits per heavy atom. The number of carbonyl (C=O) groups is 1. The molecule has 28 heavy (non-hydrogen) atoms. The first-order valence-corrected chi connectivity index (χ1v) is 9.44. The van der Waals surface area contributed by atoms with Gasteiger partial charge in [-0.05, 0) is 12.1 Å². The summed E-state index contributed by atoms with van der Waals surface area (Å²) in [4.78, 5) is 23.5. The monoisotopic (exact) mass is 416 g/mol. The van der Waals surface area contributed by atoms with E-state index in [4.69, 9.17) is 27.9 Å². The number of benzene rings is 1. The van der Waals surface area contributed by atoms with Crippen molar-refractivity contribution < 1.29 is 9.53 Å². The van der Waals surface area contributed by atoms with Crippen LogP contribution in [0, 0.1) is 0 Å². The molecule has 2 aliphatic heterocycles. The van der Waals surface area contributed by atoms with Crippen molar-refractivity contribution in [2.75, 3.05) is 13.2 Å². The van der Waals surface area contributed by atoms with E-state index in [1.807, 2.05) is 4.57 Å². The Labute approximate surface area is 170 Å². The van der Waals surface area contributed by atoms with Crippen LogP contribution in [0.1, 0.15) is 22.2 Å². The van der Waals surface area contributed by atoms with E-state index in [2.05, 4.69) is 20.2 Å². The first kappa shape index (κ1) is 17.5. The van der Waals surface area contributed by atoms with Crippen molar-refractivity contribution in [3.63, 3.8) is 0 Å². The van der Waals surface area contributed by atoms with Gasteiger partial charge in [-0.15, -0.1) is 10.2 Å². The van der Waals surface area contributed by atoms with Crippen LogP contribution < -0.4 is 0 Å². The molecule has 142 valence electrons. The molecule has 0 saturated carbocycles. The largest absolute Gasteiger partial charge is 0.377 e. The summed E-state index contributed by atoms with van der Waals surface area (Å²) in [7, 11) is 0. The number of carbonyl (C=O) groups excluding carboxylic acids is 1. The highest BCUT2D eigenvalue weighted by Gasteiger charge is 2.44. The number of hydrogen-bond donors (Lipinski definition) is 0.